The molecular weight excluding hydrogens is 313 g/mol. The molecule has 0 saturated heterocycles. The average Bonchev–Trinajstić information content (AvgIpc) is 2.19. The van der Waals surface area contributed by atoms with Gasteiger partial charge in [0.15, 0.2) is 0 Å². The fourth-order valence-electron chi connectivity index (χ4n) is 1.45. The fourth-order valence-corrected chi connectivity index (χ4v) is 2.13. The number of carbonyl (C=O) groups excluding carboxylic acids is 1. The van der Waals surface area contributed by atoms with Crippen molar-refractivity contribution in [1.29, 1.82) is 0 Å². The Kier molecular flexibility index (Phi) is 4.61. The van der Waals surface area contributed by atoms with Gasteiger partial charge in [-0.1, -0.05) is 15.9 Å². The van der Waals surface area contributed by atoms with Crippen LogP contribution in [0, 0.1) is 13.8 Å². The Labute approximate surface area is 111 Å². The molecule has 0 bridgehead atoms. The number of amides is 2. The standard InChI is InChI=1S/C11H12BrF3N2O/c1-6-3-8(12)4-7(2)9(6)17-10(18)16-5-11(13,14)15/h3-4H,5H2,1-2H3,(H2,16,17,18). The normalized spacial score (nSPS) is 11.2. The number of halogens is 4. The van der Waals surface area contributed by atoms with Crippen molar-refractivity contribution in [3.8, 4) is 0 Å². The fraction of sp³-hybridized carbons (Fsp3) is 0.364. The molecule has 2 amide bonds. The summed E-state index contributed by atoms with van der Waals surface area (Å²) in [6, 6.07) is 2.67. The first kappa shape index (κ1) is 14.8. The van der Waals surface area contributed by atoms with Crippen LogP contribution in [-0.2, 0) is 0 Å². The van der Waals surface area contributed by atoms with Crippen molar-refractivity contribution >= 4 is 27.6 Å². The van der Waals surface area contributed by atoms with Gasteiger partial charge in [-0.05, 0) is 37.1 Å². The molecule has 18 heavy (non-hydrogen) atoms. The summed E-state index contributed by atoms with van der Waals surface area (Å²) in [5.74, 6) is 0. The summed E-state index contributed by atoms with van der Waals surface area (Å²) in [5, 5.41) is 4.16. The Bertz CT molecular complexity index is 437. The molecule has 7 heteroatoms. The van der Waals surface area contributed by atoms with Gasteiger partial charge >= 0.3 is 12.2 Å². The highest BCUT2D eigenvalue weighted by atomic mass is 79.9. The molecule has 1 rings (SSSR count). The Balaban J connectivity index is 2.71. The topological polar surface area (TPSA) is 41.1 Å². The van der Waals surface area contributed by atoms with E-state index >= 15 is 0 Å². The molecule has 0 atom stereocenters. The number of hydrogen-bond donors (Lipinski definition) is 2. The number of rotatable bonds is 2. The first-order chi connectivity index (χ1) is 8.19. The molecule has 0 saturated carbocycles. The number of carbonyl (C=O) groups is 1. The molecule has 0 heterocycles. The number of urea groups is 1. The molecule has 2 N–H and O–H groups in total. The quantitative estimate of drug-likeness (QED) is 0.854. The number of anilines is 1. The molecule has 0 fully saturated rings. The van der Waals surface area contributed by atoms with Gasteiger partial charge in [0.25, 0.3) is 0 Å². The maximum atomic E-state index is 11.9. The predicted molar refractivity (Wildman–Crippen MR) is 66.7 cm³/mol. The van der Waals surface area contributed by atoms with E-state index in [1.165, 1.54) is 0 Å². The summed E-state index contributed by atoms with van der Waals surface area (Å²) >= 11 is 3.29. The van der Waals surface area contributed by atoms with Crippen molar-refractivity contribution in [3.63, 3.8) is 0 Å². The summed E-state index contributed by atoms with van der Waals surface area (Å²) in [6.45, 7) is 2.17. The molecule has 0 radical (unpaired) electrons. The van der Waals surface area contributed by atoms with Crippen LogP contribution in [-0.4, -0.2) is 18.8 Å². The zero-order chi connectivity index (χ0) is 13.9. The van der Waals surface area contributed by atoms with Crippen LogP contribution in [0.25, 0.3) is 0 Å². The third-order valence-corrected chi connectivity index (χ3v) is 2.64. The van der Waals surface area contributed by atoms with Crippen molar-refractivity contribution in [2.45, 2.75) is 20.0 Å². The smallest absolute Gasteiger partial charge is 0.329 e. The molecule has 1 aromatic carbocycles. The van der Waals surface area contributed by atoms with Crippen molar-refractivity contribution < 1.29 is 18.0 Å². The van der Waals surface area contributed by atoms with Crippen LogP contribution in [0.4, 0.5) is 23.7 Å². The van der Waals surface area contributed by atoms with E-state index in [1.807, 2.05) is 0 Å². The van der Waals surface area contributed by atoms with Gasteiger partial charge in [0, 0.05) is 10.2 Å². The van der Waals surface area contributed by atoms with Crippen molar-refractivity contribution in [2.24, 2.45) is 0 Å². The zero-order valence-corrected chi connectivity index (χ0v) is 11.4. The van der Waals surface area contributed by atoms with E-state index in [4.69, 9.17) is 0 Å². The molecule has 3 nitrogen and oxygen atoms in total. The lowest BCUT2D eigenvalue weighted by Crippen LogP contribution is -2.36. The van der Waals surface area contributed by atoms with Crippen LogP contribution in [0.1, 0.15) is 11.1 Å². The van der Waals surface area contributed by atoms with E-state index in [2.05, 4.69) is 21.2 Å². The Morgan fingerprint density at radius 2 is 1.78 bits per heavy atom. The third-order valence-electron chi connectivity index (χ3n) is 2.19. The minimum absolute atomic E-state index is 0.512. The van der Waals surface area contributed by atoms with E-state index in [-0.39, 0.29) is 0 Å². The minimum Gasteiger partial charge on any atom is -0.329 e. The van der Waals surface area contributed by atoms with Crippen molar-refractivity contribution in [3.05, 3.63) is 27.7 Å². The number of alkyl halides is 3. The molecule has 0 unspecified atom stereocenters. The van der Waals surface area contributed by atoms with Crippen LogP contribution in [0.15, 0.2) is 16.6 Å². The predicted octanol–water partition coefficient (Wildman–Crippen LogP) is 3.75. The first-order valence-corrected chi connectivity index (χ1v) is 5.86. The first-order valence-electron chi connectivity index (χ1n) is 5.07. The average molecular weight is 325 g/mol. The van der Waals surface area contributed by atoms with Crippen molar-refractivity contribution in [2.75, 3.05) is 11.9 Å². The lowest BCUT2D eigenvalue weighted by atomic mass is 10.1. The molecule has 0 aliphatic carbocycles. The lowest BCUT2D eigenvalue weighted by molar-refractivity contribution is -0.122. The summed E-state index contributed by atoms with van der Waals surface area (Å²) in [7, 11) is 0. The van der Waals surface area contributed by atoms with E-state index in [0.717, 1.165) is 15.6 Å². The highest BCUT2D eigenvalue weighted by molar-refractivity contribution is 9.10. The summed E-state index contributed by atoms with van der Waals surface area (Å²) < 4.78 is 36.6. The molecule has 1 aromatic rings. The van der Waals surface area contributed by atoms with Gasteiger partial charge in [-0.3, -0.25) is 0 Å². The Morgan fingerprint density at radius 3 is 2.22 bits per heavy atom. The molecule has 0 aliphatic heterocycles. The van der Waals surface area contributed by atoms with Gasteiger partial charge in [0.05, 0.1) is 0 Å². The van der Waals surface area contributed by atoms with E-state index in [0.29, 0.717) is 5.69 Å². The van der Waals surface area contributed by atoms with E-state index < -0.39 is 18.8 Å². The van der Waals surface area contributed by atoms with Crippen LogP contribution in [0.3, 0.4) is 0 Å². The van der Waals surface area contributed by atoms with Crippen LogP contribution in [0.5, 0.6) is 0 Å². The molecule has 100 valence electrons. The molecule has 0 spiro atoms. The maximum Gasteiger partial charge on any atom is 0.405 e. The number of hydrogen-bond acceptors (Lipinski definition) is 1. The maximum absolute atomic E-state index is 11.9. The number of benzene rings is 1. The van der Waals surface area contributed by atoms with Gasteiger partial charge in [0.2, 0.25) is 0 Å². The number of nitrogens with one attached hydrogen (secondary N) is 2. The lowest BCUT2D eigenvalue weighted by Gasteiger charge is -2.14. The molecule has 0 aliphatic rings. The van der Waals surface area contributed by atoms with Gasteiger partial charge in [-0.2, -0.15) is 13.2 Å². The van der Waals surface area contributed by atoms with E-state index in [9.17, 15) is 18.0 Å². The van der Waals surface area contributed by atoms with Gasteiger partial charge in [0.1, 0.15) is 6.54 Å². The Morgan fingerprint density at radius 1 is 1.28 bits per heavy atom. The van der Waals surface area contributed by atoms with Gasteiger partial charge < -0.3 is 10.6 Å². The Hall–Kier alpha value is -1.24. The second kappa shape index (κ2) is 5.60. The summed E-state index contributed by atoms with van der Waals surface area (Å²) in [4.78, 5) is 11.3. The number of aryl methyl sites for hydroxylation is 2. The van der Waals surface area contributed by atoms with Gasteiger partial charge in [-0.25, -0.2) is 4.79 Å². The van der Waals surface area contributed by atoms with E-state index in [1.54, 1.807) is 31.3 Å². The van der Waals surface area contributed by atoms with Gasteiger partial charge in [-0.15, -0.1) is 0 Å². The van der Waals surface area contributed by atoms with Crippen molar-refractivity contribution in [1.82, 2.24) is 5.32 Å². The monoisotopic (exact) mass is 324 g/mol. The second-order valence-corrected chi connectivity index (χ2v) is 4.75. The minimum atomic E-state index is -4.42. The highest BCUT2D eigenvalue weighted by Gasteiger charge is 2.27. The largest absolute Gasteiger partial charge is 0.405 e. The summed E-state index contributed by atoms with van der Waals surface area (Å²) in [6.07, 6.45) is -4.42. The van der Waals surface area contributed by atoms with Crippen LogP contribution < -0.4 is 10.6 Å². The van der Waals surface area contributed by atoms with Crippen LogP contribution >= 0.6 is 15.9 Å². The zero-order valence-electron chi connectivity index (χ0n) is 9.78. The second-order valence-electron chi connectivity index (χ2n) is 3.84. The molecule has 0 aromatic heterocycles. The highest BCUT2D eigenvalue weighted by Crippen LogP contribution is 2.25. The van der Waals surface area contributed by atoms with Crippen LogP contribution in [0.2, 0.25) is 0 Å². The molecular formula is C11H12BrF3N2O. The summed E-state index contributed by atoms with van der Waals surface area (Å²) in [5.41, 5.74) is 2.05. The SMILES string of the molecule is Cc1cc(Br)cc(C)c1NC(=O)NCC(F)(F)F. The third kappa shape index (κ3) is 4.56.